The first-order valence-corrected chi connectivity index (χ1v) is 17.7. The first-order valence-electron chi connectivity index (χ1n) is 16.1. The van der Waals surface area contributed by atoms with E-state index in [0.29, 0.717) is 17.1 Å². The van der Waals surface area contributed by atoms with Crippen molar-refractivity contribution in [2.75, 3.05) is 0 Å². The van der Waals surface area contributed by atoms with Gasteiger partial charge in [0.15, 0.2) is 0 Å². The Bertz CT molecular complexity index is 1270. The van der Waals surface area contributed by atoms with Gasteiger partial charge in [0.05, 0.1) is 11.1 Å². The summed E-state index contributed by atoms with van der Waals surface area (Å²) in [4.78, 5) is 18.8. The zero-order valence-electron chi connectivity index (χ0n) is 27.8. The summed E-state index contributed by atoms with van der Waals surface area (Å²) in [5.74, 6) is 0.771. The minimum Gasteiger partial charge on any atom is -0.506 e. The highest BCUT2D eigenvalue weighted by atomic mass is 32.2. The average molecular weight is 608 g/mol. The second kappa shape index (κ2) is 15.2. The van der Waals surface area contributed by atoms with Crippen molar-refractivity contribution in [1.29, 1.82) is 0 Å². The van der Waals surface area contributed by atoms with Gasteiger partial charge in [0, 0.05) is 25.0 Å². The number of thioether (sulfide) groups is 1. The van der Waals surface area contributed by atoms with Gasteiger partial charge in [-0.15, -0.1) is 0 Å². The molecule has 0 amide bonds. The molecule has 2 aliphatic rings. The van der Waals surface area contributed by atoms with Crippen molar-refractivity contribution in [1.82, 2.24) is 0 Å². The minimum absolute atomic E-state index is 0.0588. The van der Waals surface area contributed by atoms with Crippen LogP contribution in [0.4, 0.5) is 0 Å². The van der Waals surface area contributed by atoms with Gasteiger partial charge in [-0.25, -0.2) is 0 Å². The first-order chi connectivity index (χ1) is 19.6. The SMILES string of the molecule is CCCCc1cc(C=C2C(=O)C(/C=C3/C=C(CCCC(C)C)SC(CCC(C)(C)C)=C3)=C2O)cc(CCC(C)(C)C)[s+]1. The lowest BCUT2D eigenvalue weighted by Gasteiger charge is -2.23. The number of aliphatic hydroxyl groups excluding tert-OH is 1. The van der Waals surface area contributed by atoms with Crippen molar-refractivity contribution in [2.45, 2.75) is 127 Å². The minimum atomic E-state index is -0.0588. The molecule has 3 rings (SSSR count). The molecule has 1 aromatic rings. The number of hydrogen-bond acceptors (Lipinski definition) is 3. The number of rotatable bonds is 13. The monoisotopic (exact) mass is 607 g/mol. The van der Waals surface area contributed by atoms with Gasteiger partial charge < -0.3 is 5.11 Å². The third kappa shape index (κ3) is 11.3. The number of ketones is 1. The molecular formula is C38H55O2S2+. The molecule has 0 fully saturated rings. The maximum absolute atomic E-state index is 13.3. The molecule has 2 heterocycles. The van der Waals surface area contributed by atoms with E-state index >= 15 is 0 Å². The summed E-state index contributed by atoms with van der Waals surface area (Å²) < 4.78 is 0. The zero-order chi connectivity index (χ0) is 31.1. The summed E-state index contributed by atoms with van der Waals surface area (Å²) in [5.41, 5.74) is 3.47. The van der Waals surface area contributed by atoms with Crippen molar-refractivity contribution in [2.24, 2.45) is 16.7 Å². The fourth-order valence-electron chi connectivity index (χ4n) is 5.02. The van der Waals surface area contributed by atoms with E-state index in [1.54, 1.807) is 0 Å². The van der Waals surface area contributed by atoms with Crippen LogP contribution in [-0.2, 0) is 17.6 Å². The van der Waals surface area contributed by atoms with E-state index < -0.39 is 0 Å². The van der Waals surface area contributed by atoms with Crippen LogP contribution in [0.1, 0.15) is 129 Å². The van der Waals surface area contributed by atoms with Crippen LogP contribution in [0.25, 0.3) is 6.08 Å². The highest BCUT2D eigenvalue weighted by molar-refractivity contribution is 8.06. The lowest BCUT2D eigenvalue weighted by Crippen LogP contribution is -2.21. The predicted octanol–water partition coefficient (Wildman–Crippen LogP) is 12.2. The first kappa shape index (κ1) is 34.6. The van der Waals surface area contributed by atoms with Gasteiger partial charge in [-0.1, -0.05) is 86.9 Å². The van der Waals surface area contributed by atoms with Crippen LogP contribution in [0, 0.1) is 16.7 Å². The Morgan fingerprint density at radius 1 is 0.857 bits per heavy atom. The Hall–Kier alpha value is -1.91. The van der Waals surface area contributed by atoms with E-state index in [-0.39, 0.29) is 22.4 Å². The Labute approximate surface area is 265 Å². The lowest BCUT2D eigenvalue weighted by molar-refractivity contribution is -0.113. The molecule has 0 aromatic carbocycles. The molecule has 0 saturated heterocycles. The summed E-state index contributed by atoms with van der Waals surface area (Å²) in [6, 6.07) is 4.42. The normalized spacial score (nSPS) is 18.2. The summed E-state index contributed by atoms with van der Waals surface area (Å²) in [6.45, 7) is 20.5. The second-order valence-corrected chi connectivity index (χ2v) is 17.5. The fourth-order valence-corrected chi connectivity index (χ4v) is 7.37. The highest BCUT2D eigenvalue weighted by Crippen LogP contribution is 2.41. The van der Waals surface area contributed by atoms with Gasteiger partial charge >= 0.3 is 0 Å². The topological polar surface area (TPSA) is 37.3 Å². The maximum Gasteiger partial charge on any atom is 0.218 e. The number of carbonyl (C=O) groups excluding carboxylic acids is 1. The quantitative estimate of drug-likeness (QED) is 0.179. The molecule has 4 heteroatoms. The highest BCUT2D eigenvalue weighted by Gasteiger charge is 2.33. The van der Waals surface area contributed by atoms with Crippen LogP contribution >= 0.6 is 23.1 Å². The van der Waals surface area contributed by atoms with Gasteiger partial charge in [-0.2, -0.15) is 0 Å². The standard InChI is InChI=1S/C38H54O2S2/c1-10-11-14-29-20-27(22-31(41-29)16-18-37(4,5)6)24-33-35(39)34(36(33)40)25-28-21-30(15-12-13-26(2)3)42-32(23-28)17-19-38(7,8)9/h20-26H,10-19H2,1-9H3/p+1. The van der Waals surface area contributed by atoms with Gasteiger partial charge in [0.25, 0.3) is 0 Å². The molecular weight excluding hydrogens is 553 g/mol. The van der Waals surface area contributed by atoms with Crippen molar-refractivity contribution in [3.63, 3.8) is 0 Å². The molecule has 42 heavy (non-hydrogen) atoms. The molecule has 2 nitrogen and oxygen atoms in total. The molecule has 1 aliphatic heterocycles. The fraction of sp³-hybridized carbons (Fsp3) is 0.579. The molecule has 0 spiro atoms. The van der Waals surface area contributed by atoms with Gasteiger partial charge in [0.1, 0.15) is 5.76 Å². The third-order valence-corrected chi connectivity index (χ3v) is 10.0. The smallest absolute Gasteiger partial charge is 0.218 e. The molecule has 1 N–H and O–H groups in total. The molecule has 0 saturated carbocycles. The van der Waals surface area contributed by atoms with E-state index in [4.69, 9.17) is 0 Å². The number of aryl methyl sites for hydroxylation is 2. The number of carbonyl (C=O) groups is 1. The Balaban J connectivity index is 1.89. The number of hydrogen-bond donors (Lipinski definition) is 1. The molecule has 0 radical (unpaired) electrons. The maximum atomic E-state index is 13.3. The zero-order valence-corrected chi connectivity index (χ0v) is 29.4. The largest absolute Gasteiger partial charge is 0.506 e. The van der Waals surface area contributed by atoms with Crippen LogP contribution in [0.15, 0.2) is 62.6 Å². The van der Waals surface area contributed by atoms with E-state index in [9.17, 15) is 9.90 Å². The van der Waals surface area contributed by atoms with Gasteiger partial charge in [0.2, 0.25) is 26.9 Å². The van der Waals surface area contributed by atoms with Crippen LogP contribution in [0.5, 0.6) is 0 Å². The average Bonchev–Trinajstić information content (AvgIpc) is 2.90. The molecule has 0 atom stereocenters. The van der Waals surface area contributed by atoms with E-state index in [0.717, 1.165) is 62.5 Å². The molecule has 0 bridgehead atoms. The van der Waals surface area contributed by atoms with Crippen molar-refractivity contribution in [3.05, 3.63) is 78.0 Å². The summed E-state index contributed by atoms with van der Waals surface area (Å²) >= 11 is 3.80. The van der Waals surface area contributed by atoms with E-state index in [2.05, 4.69) is 86.6 Å². The van der Waals surface area contributed by atoms with Crippen LogP contribution < -0.4 is 0 Å². The Kier molecular flexibility index (Phi) is 12.5. The van der Waals surface area contributed by atoms with Crippen molar-refractivity contribution >= 4 is 35.0 Å². The third-order valence-electron chi connectivity index (χ3n) is 7.68. The Morgan fingerprint density at radius 3 is 2.02 bits per heavy atom. The van der Waals surface area contributed by atoms with Crippen molar-refractivity contribution < 1.29 is 9.90 Å². The number of Topliss-reactive ketones (excluding diaryl/α,β-unsaturated/α-hetero) is 1. The Morgan fingerprint density at radius 2 is 1.45 bits per heavy atom. The predicted molar refractivity (Wildman–Crippen MR) is 187 cm³/mol. The molecule has 230 valence electrons. The van der Waals surface area contributed by atoms with E-state index in [1.807, 2.05) is 35.3 Å². The van der Waals surface area contributed by atoms with Gasteiger partial charge in [-0.3, -0.25) is 4.79 Å². The van der Waals surface area contributed by atoms with Crippen molar-refractivity contribution in [3.8, 4) is 0 Å². The number of allylic oxidation sites excluding steroid dienone is 8. The lowest BCUT2D eigenvalue weighted by atomic mass is 9.85. The van der Waals surface area contributed by atoms with Gasteiger partial charge in [-0.05, 0) is 101 Å². The molecule has 1 aromatic heterocycles. The summed E-state index contributed by atoms with van der Waals surface area (Å²) in [7, 11) is 0. The van der Waals surface area contributed by atoms with Crippen LogP contribution in [-0.4, -0.2) is 10.9 Å². The number of aliphatic hydroxyl groups is 1. The second-order valence-electron chi connectivity index (χ2n) is 15.0. The van der Waals surface area contributed by atoms with Crippen LogP contribution in [0.3, 0.4) is 0 Å². The molecule has 1 aliphatic carbocycles. The van der Waals surface area contributed by atoms with E-state index in [1.165, 1.54) is 32.4 Å². The molecule has 0 unspecified atom stereocenters. The summed E-state index contributed by atoms with van der Waals surface area (Å²) in [6.07, 6.45) is 19.4. The van der Waals surface area contributed by atoms with Crippen LogP contribution in [0.2, 0.25) is 0 Å². The number of unbranched alkanes of at least 4 members (excludes halogenated alkanes) is 1. The summed E-state index contributed by atoms with van der Waals surface area (Å²) in [5, 5.41) is 11.1.